The lowest BCUT2D eigenvalue weighted by Crippen LogP contribution is -2.52. The van der Waals surface area contributed by atoms with Crippen molar-refractivity contribution in [2.45, 2.75) is 18.6 Å². The highest BCUT2D eigenvalue weighted by molar-refractivity contribution is 6.33. The third-order valence-electron chi connectivity index (χ3n) is 6.04. The molecule has 0 spiro atoms. The van der Waals surface area contributed by atoms with Gasteiger partial charge in [0.2, 0.25) is 0 Å². The Morgan fingerprint density at radius 2 is 1.91 bits per heavy atom. The van der Waals surface area contributed by atoms with E-state index >= 15 is 0 Å². The first-order valence-electron chi connectivity index (χ1n) is 10.7. The van der Waals surface area contributed by atoms with Crippen LogP contribution in [-0.2, 0) is 5.60 Å². The van der Waals surface area contributed by atoms with Gasteiger partial charge in [-0.3, -0.25) is 4.90 Å². The summed E-state index contributed by atoms with van der Waals surface area (Å²) in [6, 6.07) is 18.8. The molecule has 2 heterocycles. The fourth-order valence-corrected chi connectivity index (χ4v) is 4.78. The molecule has 0 radical (unpaired) electrons. The molecule has 0 saturated carbocycles. The molecule has 1 aliphatic heterocycles. The number of piperazine rings is 1. The summed E-state index contributed by atoms with van der Waals surface area (Å²) in [5.74, 6) is 0.382. The van der Waals surface area contributed by atoms with Crippen LogP contribution in [0.4, 0.5) is 11.5 Å². The van der Waals surface area contributed by atoms with Crippen LogP contribution in [0.3, 0.4) is 0 Å². The van der Waals surface area contributed by atoms with Crippen LogP contribution >= 0.6 is 23.2 Å². The number of benzene rings is 2. The highest BCUT2D eigenvalue weighted by atomic mass is 35.5. The number of nitrogens with two attached hydrogens (primary N) is 1. The van der Waals surface area contributed by atoms with E-state index in [4.69, 9.17) is 28.9 Å². The Labute approximate surface area is 203 Å². The molecule has 6 nitrogen and oxygen atoms in total. The number of pyridine rings is 1. The summed E-state index contributed by atoms with van der Waals surface area (Å²) in [5.41, 5.74) is 7.97. The maximum absolute atomic E-state index is 11.2. The van der Waals surface area contributed by atoms with Crippen LogP contribution in [0.15, 0.2) is 60.8 Å². The van der Waals surface area contributed by atoms with Crippen molar-refractivity contribution in [2.24, 2.45) is 0 Å². The summed E-state index contributed by atoms with van der Waals surface area (Å²) < 4.78 is 0. The second-order valence-electron chi connectivity index (χ2n) is 8.52. The number of nitrogen functional groups attached to an aromatic ring is 1. The van der Waals surface area contributed by atoms with E-state index in [1.165, 1.54) is 0 Å². The Kier molecular flexibility index (Phi) is 6.78. The van der Waals surface area contributed by atoms with E-state index in [0.29, 0.717) is 41.1 Å². The summed E-state index contributed by atoms with van der Waals surface area (Å²) in [6.45, 7) is 4.34. The van der Waals surface area contributed by atoms with Gasteiger partial charge in [0.25, 0.3) is 0 Å². The van der Waals surface area contributed by atoms with Gasteiger partial charge < -0.3 is 15.7 Å². The van der Waals surface area contributed by atoms with Crippen molar-refractivity contribution in [1.29, 1.82) is 5.26 Å². The monoisotopic (exact) mass is 481 g/mol. The van der Waals surface area contributed by atoms with Crippen LogP contribution in [0.2, 0.25) is 10.0 Å². The molecule has 3 N–H and O–H groups in total. The van der Waals surface area contributed by atoms with E-state index in [9.17, 15) is 10.4 Å². The molecule has 0 bridgehead atoms. The predicted molar refractivity (Wildman–Crippen MR) is 132 cm³/mol. The summed E-state index contributed by atoms with van der Waals surface area (Å²) >= 11 is 12.7. The van der Waals surface area contributed by atoms with Crippen LogP contribution in [-0.4, -0.2) is 41.2 Å². The van der Waals surface area contributed by atoms with Gasteiger partial charge in [0, 0.05) is 37.4 Å². The molecule has 2 atom stereocenters. The van der Waals surface area contributed by atoms with E-state index in [-0.39, 0.29) is 6.04 Å². The minimum Gasteiger partial charge on any atom is -0.384 e. The lowest BCUT2D eigenvalue weighted by atomic mass is 9.94. The summed E-state index contributed by atoms with van der Waals surface area (Å²) in [6.07, 6.45) is 1.61. The van der Waals surface area contributed by atoms with Gasteiger partial charge in [-0.15, -0.1) is 0 Å². The molecule has 1 saturated heterocycles. The molecule has 4 rings (SSSR count). The fourth-order valence-electron chi connectivity index (χ4n) is 4.36. The Morgan fingerprint density at radius 1 is 1.15 bits per heavy atom. The standard InChI is InChI=1S/C25H25Cl2N5O/c1-25(33,19-8-9-30-24(29)13-19)16-31-10-11-32(22-7-2-17(14-28)12-21(22)27)23(15-31)18-3-5-20(26)6-4-18/h2-9,12-13,23,33H,10-11,15-16H2,1H3,(H2,29,30)/t23-,25+/m0/s1. The second-order valence-corrected chi connectivity index (χ2v) is 9.36. The highest BCUT2D eigenvalue weighted by Gasteiger charge is 2.34. The zero-order valence-electron chi connectivity index (χ0n) is 18.2. The Hall–Kier alpha value is -2.82. The zero-order chi connectivity index (χ0) is 23.6. The first kappa shape index (κ1) is 23.3. The number of anilines is 2. The quantitative estimate of drug-likeness (QED) is 0.552. The summed E-state index contributed by atoms with van der Waals surface area (Å²) in [5, 5.41) is 21.6. The van der Waals surface area contributed by atoms with Crippen molar-refractivity contribution in [1.82, 2.24) is 9.88 Å². The maximum Gasteiger partial charge on any atom is 0.123 e. The van der Waals surface area contributed by atoms with Crippen molar-refractivity contribution in [2.75, 3.05) is 36.8 Å². The topological polar surface area (TPSA) is 89.4 Å². The van der Waals surface area contributed by atoms with Gasteiger partial charge in [-0.05, 0) is 60.5 Å². The number of nitriles is 1. The molecular formula is C25H25Cl2N5O. The maximum atomic E-state index is 11.2. The number of aliphatic hydroxyl groups is 1. The van der Waals surface area contributed by atoms with Crippen LogP contribution < -0.4 is 10.6 Å². The van der Waals surface area contributed by atoms with Gasteiger partial charge in [-0.2, -0.15) is 5.26 Å². The first-order chi connectivity index (χ1) is 15.8. The zero-order valence-corrected chi connectivity index (χ0v) is 19.8. The molecule has 1 aliphatic rings. The smallest absolute Gasteiger partial charge is 0.123 e. The Morgan fingerprint density at radius 3 is 2.58 bits per heavy atom. The number of nitrogens with zero attached hydrogens (tertiary/aromatic N) is 4. The van der Waals surface area contributed by atoms with Crippen LogP contribution in [0.1, 0.15) is 29.7 Å². The largest absolute Gasteiger partial charge is 0.384 e. The number of hydrogen-bond acceptors (Lipinski definition) is 6. The number of rotatable bonds is 5. The second kappa shape index (κ2) is 9.58. The lowest BCUT2D eigenvalue weighted by Gasteiger charge is -2.45. The molecule has 0 unspecified atom stereocenters. The minimum absolute atomic E-state index is 0.0141. The normalized spacial score (nSPS) is 18.5. The van der Waals surface area contributed by atoms with E-state index in [1.807, 2.05) is 30.3 Å². The molecule has 1 aromatic heterocycles. The molecule has 1 fully saturated rings. The Balaban J connectivity index is 1.62. The van der Waals surface area contributed by atoms with Crippen molar-refractivity contribution < 1.29 is 5.11 Å². The molecule has 0 amide bonds. The molecule has 170 valence electrons. The number of halogens is 2. The highest BCUT2D eigenvalue weighted by Crippen LogP contribution is 2.37. The van der Waals surface area contributed by atoms with Crippen molar-refractivity contribution in [3.63, 3.8) is 0 Å². The van der Waals surface area contributed by atoms with Crippen molar-refractivity contribution >= 4 is 34.7 Å². The van der Waals surface area contributed by atoms with Gasteiger partial charge in [-0.1, -0.05) is 35.3 Å². The van der Waals surface area contributed by atoms with Gasteiger partial charge >= 0.3 is 0 Å². The van der Waals surface area contributed by atoms with Gasteiger partial charge in [0.1, 0.15) is 5.82 Å². The van der Waals surface area contributed by atoms with E-state index < -0.39 is 5.60 Å². The number of hydrogen-bond donors (Lipinski definition) is 2. The van der Waals surface area contributed by atoms with Gasteiger partial charge in [0.15, 0.2) is 0 Å². The van der Waals surface area contributed by atoms with Gasteiger partial charge in [-0.25, -0.2) is 4.98 Å². The van der Waals surface area contributed by atoms with E-state index in [0.717, 1.165) is 23.4 Å². The molecule has 8 heteroatoms. The third kappa shape index (κ3) is 5.23. The van der Waals surface area contributed by atoms with E-state index in [1.54, 1.807) is 37.4 Å². The SMILES string of the molecule is C[C@@](O)(CN1CCN(c2ccc(C#N)cc2Cl)[C@H](c2ccc(Cl)cc2)C1)c1ccnc(N)c1. The van der Waals surface area contributed by atoms with E-state index in [2.05, 4.69) is 20.9 Å². The van der Waals surface area contributed by atoms with Crippen LogP contribution in [0.25, 0.3) is 0 Å². The third-order valence-corrected chi connectivity index (χ3v) is 6.59. The summed E-state index contributed by atoms with van der Waals surface area (Å²) in [4.78, 5) is 8.52. The lowest BCUT2D eigenvalue weighted by molar-refractivity contribution is 0.0103. The van der Waals surface area contributed by atoms with Crippen LogP contribution in [0.5, 0.6) is 0 Å². The molecule has 2 aromatic carbocycles. The average Bonchev–Trinajstić information content (AvgIpc) is 2.79. The molecule has 3 aromatic rings. The summed E-state index contributed by atoms with van der Waals surface area (Å²) in [7, 11) is 0. The Bertz CT molecular complexity index is 1180. The molecule has 33 heavy (non-hydrogen) atoms. The number of β-amino-alcohol motifs (C(OH)–C–C–N with tert-alkyl or cyclic N) is 1. The predicted octanol–water partition coefficient (Wildman–Crippen LogP) is 4.61. The number of aromatic nitrogens is 1. The van der Waals surface area contributed by atoms with Gasteiger partial charge in [0.05, 0.1) is 34.0 Å². The first-order valence-corrected chi connectivity index (χ1v) is 11.4. The van der Waals surface area contributed by atoms with Crippen LogP contribution in [0, 0.1) is 11.3 Å². The van der Waals surface area contributed by atoms with Crippen molar-refractivity contribution in [3.05, 3.63) is 87.5 Å². The van der Waals surface area contributed by atoms with Crippen molar-refractivity contribution in [3.8, 4) is 6.07 Å². The molecular weight excluding hydrogens is 457 g/mol. The molecule has 0 aliphatic carbocycles. The minimum atomic E-state index is -1.09. The fraction of sp³-hybridized carbons (Fsp3) is 0.280. The average molecular weight is 482 g/mol.